The fraction of sp³-hybridized carbons (Fsp3) is 0.190. The van der Waals surface area contributed by atoms with Gasteiger partial charge in [0.05, 0.1) is 24.0 Å². The zero-order valence-electron chi connectivity index (χ0n) is 16.3. The van der Waals surface area contributed by atoms with Gasteiger partial charge >= 0.3 is 0 Å². The summed E-state index contributed by atoms with van der Waals surface area (Å²) in [5.41, 5.74) is 5.09. The Morgan fingerprint density at radius 2 is 2.00 bits per heavy atom. The Kier molecular flexibility index (Phi) is 6.51. The van der Waals surface area contributed by atoms with E-state index in [0.717, 1.165) is 11.1 Å². The molecule has 0 aliphatic carbocycles. The average Bonchev–Trinajstić information content (AvgIpc) is 2.99. The predicted octanol–water partition coefficient (Wildman–Crippen LogP) is 3.73. The van der Waals surface area contributed by atoms with Gasteiger partial charge in [0, 0.05) is 7.05 Å². The molecule has 0 spiro atoms. The Balaban J connectivity index is 1.65. The van der Waals surface area contributed by atoms with Crippen LogP contribution in [-0.4, -0.2) is 29.0 Å². The number of hydrogen-bond acceptors (Lipinski definition) is 5. The van der Waals surface area contributed by atoms with E-state index >= 15 is 0 Å². The molecule has 1 N–H and O–H groups in total. The number of nitrogens with zero attached hydrogens (tertiary/aromatic N) is 3. The van der Waals surface area contributed by atoms with Gasteiger partial charge in [0.2, 0.25) is 0 Å². The van der Waals surface area contributed by atoms with Gasteiger partial charge in [0.25, 0.3) is 5.91 Å². The normalized spacial score (nSPS) is 10.9. The second kappa shape index (κ2) is 9.25. The molecular formula is C21H21ClN4O3. The van der Waals surface area contributed by atoms with Gasteiger partial charge in [-0.2, -0.15) is 10.2 Å². The number of hydrogen-bond donors (Lipinski definition) is 1. The van der Waals surface area contributed by atoms with Crippen LogP contribution in [0.2, 0.25) is 5.02 Å². The second-order valence-corrected chi connectivity index (χ2v) is 6.63. The molecule has 7 nitrogen and oxygen atoms in total. The number of ether oxygens (including phenoxy) is 2. The Labute approximate surface area is 173 Å². The summed E-state index contributed by atoms with van der Waals surface area (Å²) in [5.74, 6) is 0.750. The van der Waals surface area contributed by atoms with Gasteiger partial charge < -0.3 is 9.47 Å². The van der Waals surface area contributed by atoms with Crippen LogP contribution in [0.15, 0.2) is 53.6 Å². The molecule has 29 heavy (non-hydrogen) atoms. The summed E-state index contributed by atoms with van der Waals surface area (Å²) in [5, 5.41) is 8.41. The summed E-state index contributed by atoms with van der Waals surface area (Å²) in [6, 6.07) is 15.3. The maximum atomic E-state index is 12.3. The third-order valence-corrected chi connectivity index (χ3v) is 4.62. The Morgan fingerprint density at radius 3 is 2.66 bits per heavy atom. The molecule has 150 valence electrons. The first-order valence-corrected chi connectivity index (χ1v) is 9.24. The highest BCUT2D eigenvalue weighted by Gasteiger charge is 2.18. The molecule has 0 saturated heterocycles. The van der Waals surface area contributed by atoms with Gasteiger partial charge in [-0.15, -0.1) is 0 Å². The molecule has 3 rings (SSSR count). The third-order valence-electron chi connectivity index (χ3n) is 4.17. The molecule has 1 aromatic heterocycles. The maximum absolute atomic E-state index is 12.3. The molecule has 0 saturated carbocycles. The first-order chi connectivity index (χ1) is 14.0. The smallest absolute Gasteiger partial charge is 0.291 e. The molecular weight excluding hydrogens is 392 g/mol. The highest BCUT2D eigenvalue weighted by molar-refractivity contribution is 6.34. The largest absolute Gasteiger partial charge is 0.493 e. The molecule has 8 heteroatoms. The lowest BCUT2D eigenvalue weighted by Crippen LogP contribution is -2.21. The van der Waals surface area contributed by atoms with Crippen molar-refractivity contribution in [1.82, 2.24) is 15.2 Å². The summed E-state index contributed by atoms with van der Waals surface area (Å²) >= 11 is 6.11. The number of aryl methyl sites for hydroxylation is 2. The SMILES string of the molecule is COc1cc(/C=N/NC(=O)c2c(Cl)c(C)nn2C)ccc1OCc1ccccc1. The van der Waals surface area contributed by atoms with Crippen LogP contribution in [0.25, 0.3) is 0 Å². The molecule has 3 aromatic rings. The van der Waals surface area contributed by atoms with Gasteiger partial charge in [0.15, 0.2) is 11.5 Å². The number of benzene rings is 2. The summed E-state index contributed by atoms with van der Waals surface area (Å²) in [6.07, 6.45) is 1.51. The van der Waals surface area contributed by atoms with Crippen molar-refractivity contribution in [2.24, 2.45) is 12.1 Å². The zero-order chi connectivity index (χ0) is 20.8. The lowest BCUT2D eigenvalue weighted by molar-refractivity contribution is 0.0946. The van der Waals surface area contributed by atoms with Crippen molar-refractivity contribution in [3.05, 3.63) is 76.1 Å². The highest BCUT2D eigenvalue weighted by atomic mass is 35.5. The topological polar surface area (TPSA) is 77.7 Å². The fourth-order valence-electron chi connectivity index (χ4n) is 2.72. The number of aromatic nitrogens is 2. The number of carbonyl (C=O) groups is 1. The second-order valence-electron chi connectivity index (χ2n) is 6.26. The highest BCUT2D eigenvalue weighted by Crippen LogP contribution is 2.28. The van der Waals surface area contributed by atoms with Crippen LogP contribution >= 0.6 is 11.6 Å². The molecule has 2 aromatic carbocycles. The van der Waals surface area contributed by atoms with Gasteiger partial charge in [0.1, 0.15) is 12.3 Å². The van der Waals surface area contributed by atoms with Crippen LogP contribution in [0, 0.1) is 6.92 Å². The number of halogens is 1. The number of methoxy groups -OCH3 is 1. The lowest BCUT2D eigenvalue weighted by Gasteiger charge is -2.11. The van der Waals surface area contributed by atoms with E-state index in [1.165, 1.54) is 10.9 Å². The van der Waals surface area contributed by atoms with Crippen LogP contribution in [-0.2, 0) is 13.7 Å². The predicted molar refractivity (Wildman–Crippen MR) is 112 cm³/mol. The molecule has 0 atom stereocenters. The van der Waals surface area contributed by atoms with Crippen molar-refractivity contribution in [1.29, 1.82) is 0 Å². The fourth-order valence-corrected chi connectivity index (χ4v) is 2.96. The number of hydrazone groups is 1. The van der Waals surface area contributed by atoms with E-state index in [-0.39, 0.29) is 5.69 Å². The summed E-state index contributed by atoms with van der Waals surface area (Å²) in [4.78, 5) is 12.3. The van der Waals surface area contributed by atoms with Crippen LogP contribution in [0.3, 0.4) is 0 Å². The van der Waals surface area contributed by atoms with E-state index < -0.39 is 5.91 Å². The minimum absolute atomic E-state index is 0.253. The van der Waals surface area contributed by atoms with Crippen molar-refractivity contribution in [2.45, 2.75) is 13.5 Å². The number of rotatable bonds is 7. The molecule has 0 fully saturated rings. The first kappa shape index (κ1) is 20.4. The van der Waals surface area contributed by atoms with Crippen LogP contribution in [0.5, 0.6) is 11.5 Å². The van der Waals surface area contributed by atoms with Crippen LogP contribution in [0.1, 0.15) is 27.3 Å². The molecule has 0 aliphatic heterocycles. The van der Waals surface area contributed by atoms with Gasteiger partial charge in [-0.1, -0.05) is 41.9 Å². The molecule has 1 amide bonds. The molecule has 0 bridgehead atoms. The minimum atomic E-state index is -0.441. The van der Waals surface area contributed by atoms with Crippen LogP contribution in [0.4, 0.5) is 0 Å². The van der Waals surface area contributed by atoms with Crippen LogP contribution < -0.4 is 14.9 Å². The van der Waals surface area contributed by atoms with E-state index in [0.29, 0.717) is 28.8 Å². The minimum Gasteiger partial charge on any atom is -0.493 e. The molecule has 0 aliphatic rings. The Hall–Kier alpha value is -3.32. The number of amides is 1. The number of carbonyl (C=O) groups excluding carboxylic acids is 1. The summed E-state index contributed by atoms with van der Waals surface area (Å²) in [7, 11) is 3.22. The van der Waals surface area contributed by atoms with Crippen molar-refractivity contribution < 1.29 is 14.3 Å². The quantitative estimate of drug-likeness (QED) is 0.473. The Morgan fingerprint density at radius 1 is 1.24 bits per heavy atom. The molecule has 0 unspecified atom stereocenters. The average molecular weight is 413 g/mol. The van der Waals surface area contributed by atoms with Crippen molar-refractivity contribution >= 4 is 23.7 Å². The maximum Gasteiger partial charge on any atom is 0.291 e. The van der Waals surface area contributed by atoms with Crippen molar-refractivity contribution in [3.8, 4) is 11.5 Å². The summed E-state index contributed by atoms with van der Waals surface area (Å²) < 4.78 is 12.7. The Bertz CT molecular complexity index is 1030. The van der Waals surface area contributed by atoms with E-state index in [9.17, 15) is 4.79 Å². The first-order valence-electron chi connectivity index (χ1n) is 8.87. The monoisotopic (exact) mass is 412 g/mol. The zero-order valence-corrected chi connectivity index (χ0v) is 17.1. The van der Waals surface area contributed by atoms with Gasteiger partial charge in [-0.3, -0.25) is 9.48 Å². The molecule has 1 heterocycles. The standard InChI is InChI=1S/C21H21ClN4O3/c1-14-19(22)20(26(2)25-14)21(27)24-23-12-16-9-10-17(18(11-16)28-3)29-13-15-7-5-4-6-8-15/h4-12H,13H2,1-3H3,(H,24,27)/b23-12+. The molecule has 0 radical (unpaired) electrons. The number of nitrogens with one attached hydrogen (secondary N) is 1. The van der Waals surface area contributed by atoms with Gasteiger partial charge in [-0.25, -0.2) is 5.43 Å². The van der Waals surface area contributed by atoms with Gasteiger partial charge in [-0.05, 0) is 36.2 Å². The van der Waals surface area contributed by atoms with E-state index in [4.69, 9.17) is 21.1 Å². The van der Waals surface area contributed by atoms with Crippen molar-refractivity contribution in [2.75, 3.05) is 7.11 Å². The lowest BCUT2D eigenvalue weighted by atomic mass is 10.2. The van der Waals surface area contributed by atoms with E-state index in [1.807, 2.05) is 36.4 Å². The van der Waals surface area contributed by atoms with E-state index in [2.05, 4.69) is 15.6 Å². The van der Waals surface area contributed by atoms with Crippen molar-refractivity contribution in [3.63, 3.8) is 0 Å². The summed E-state index contributed by atoms with van der Waals surface area (Å²) in [6.45, 7) is 2.17. The van der Waals surface area contributed by atoms with E-state index in [1.54, 1.807) is 33.2 Å². The third kappa shape index (κ3) is 4.94.